The van der Waals surface area contributed by atoms with Gasteiger partial charge in [-0.05, 0) is 25.0 Å². The molecule has 0 saturated carbocycles. The van der Waals surface area contributed by atoms with Crippen molar-refractivity contribution >= 4 is 27.3 Å². The fourth-order valence-corrected chi connectivity index (χ4v) is 3.22. The van der Waals surface area contributed by atoms with Crippen molar-refractivity contribution in [1.82, 2.24) is 15.1 Å². The zero-order valence-electron chi connectivity index (χ0n) is 11.9. The van der Waals surface area contributed by atoms with E-state index in [-0.39, 0.29) is 5.91 Å². The SMILES string of the molecule is Cc1cnn(CCCNC(=O)c2csc3ccccc23)c1. The van der Waals surface area contributed by atoms with Gasteiger partial charge in [0.05, 0.1) is 11.8 Å². The van der Waals surface area contributed by atoms with Crippen molar-refractivity contribution in [2.24, 2.45) is 0 Å². The Hall–Kier alpha value is -2.14. The molecule has 1 amide bonds. The molecule has 0 aliphatic heterocycles. The van der Waals surface area contributed by atoms with E-state index in [0.29, 0.717) is 6.54 Å². The summed E-state index contributed by atoms with van der Waals surface area (Å²) in [5.74, 6) is 0.00379. The van der Waals surface area contributed by atoms with Gasteiger partial charge in [0, 0.05) is 34.8 Å². The topological polar surface area (TPSA) is 46.9 Å². The van der Waals surface area contributed by atoms with E-state index in [2.05, 4.69) is 10.4 Å². The third kappa shape index (κ3) is 3.13. The molecule has 0 atom stereocenters. The molecule has 1 N–H and O–H groups in total. The summed E-state index contributed by atoms with van der Waals surface area (Å²) in [6.45, 7) is 3.49. The molecule has 4 nitrogen and oxygen atoms in total. The fraction of sp³-hybridized carbons (Fsp3) is 0.250. The maximum atomic E-state index is 12.2. The molecular weight excluding hydrogens is 282 g/mol. The predicted octanol–water partition coefficient (Wildman–Crippen LogP) is 3.23. The van der Waals surface area contributed by atoms with Crippen LogP contribution in [0.15, 0.2) is 42.0 Å². The number of benzene rings is 1. The van der Waals surface area contributed by atoms with Gasteiger partial charge in [0.1, 0.15) is 0 Å². The second-order valence-electron chi connectivity index (χ2n) is 5.04. The summed E-state index contributed by atoms with van der Waals surface area (Å²) in [7, 11) is 0. The van der Waals surface area contributed by atoms with E-state index in [9.17, 15) is 4.79 Å². The van der Waals surface area contributed by atoms with Gasteiger partial charge in [0.2, 0.25) is 0 Å². The first-order chi connectivity index (χ1) is 10.2. The molecule has 0 bridgehead atoms. The molecule has 3 aromatic rings. The second-order valence-corrected chi connectivity index (χ2v) is 5.95. The zero-order chi connectivity index (χ0) is 14.7. The molecule has 0 fully saturated rings. The number of fused-ring (bicyclic) bond motifs is 1. The zero-order valence-corrected chi connectivity index (χ0v) is 12.7. The Balaban J connectivity index is 1.54. The molecule has 3 rings (SSSR count). The number of hydrogen-bond donors (Lipinski definition) is 1. The lowest BCUT2D eigenvalue weighted by molar-refractivity contribution is 0.0954. The second kappa shape index (κ2) is 6.10. The third-order valence-corrected chi connectivity index (χ3v) is 4.30. The summed E-state index contributed by atoms with van der Waals surface area (Å²) in [5, 5.41) is 10.2. The van der Waals surface area contributed by atoms with Crippen LogP contribution in [0.3, 0.4) is 0 Å². The number of thiophene rings is 1. The lowest BCUT2D eigenvalue weighted by Gasteiger charge is -2.05. The van der Waals surface area contributed by atoms with Crippen LogP contribution in [0.4, 0.5) is 0 Å². The number of nitrogens with one attached hydrogen (secondary N) is 1. The van der Waals surface area contributed by atoms with Crippen molar-refractivity contribution in [2.45, 2.75) is 19.9 Å². The van der Waals surface area contributed by atoms with Crippen molar-refractivity contribution in [1.29, 1.82) is 0 Å². The van der Waals surface area contributed by atoms with Crippen molar-refractivity contribution in [3.63, 3.8) is 0 Å². The smallest absolute Gasteiger partial charge is 0.252 e. The first-order valence-electron chi connectivity index (χ1n) is 6.97. The third-order valence-electron chi connectivity index (χ3n) is 3.34. The molecule has 2 aromatic heterocycles. The van der Waals surface area contributed by atoms with Crippen LogP contribution < -0.4 is 5.32 Å². The number of hydrogen-bond acceptors (Lipinski definition) is 3. The van der Waals surface area contributed by atoms with Gasteiger partial charge in [-0.25, -0.2) is 0 Å². The number of carbonyl (C=O) groups excluding carboxylic acids is 1. The van der Waals surface area contributed by atoms with Gasteiger partial charge in [0.15, 0.2) is 0 Å². The van der Waals surface area contributed by atoms with Crippen LogP contribution in [-0.4, -0.2) is 22.2 Å². The van der Waals surface area contributed by atoms with Crippen LogP contribution in [0.1, 0.15) is 22.3 Å². The van der Waals surface area contributed by atoms with E-state index in [4.69, 9.17) is 0 Å². The highest BCUT2D eigenvalue weighted by atomic mass is 32.1. The molecule has 5 heteroatoms. The van der Waals surface area contributed by atoms with Crippen molar-refractivity contribution in [2.75, 3.05) is 6.54 Å². The van der Waals surface area contributed by atoms with Crippen LogP contribution in [0, 0.1) is 6.92 Å². The molecule has 21 heavy (non-hydrogen) atoms. The fourth-order valence-electron chi connectivity index (χ4n) is 2.28. The van der Waals surface area contributed by atoms with Crippen LogP contribution in [0.2, 0.25) is 0 Å². The minimum atomic E-state index is 0.00379. The van der Waals surface area contributed by atoms with E-state index < -0.39 is 0 Å². The monoisotopic (exact) mass is 299 g/mol. The number of aryl methyl sites for hydroxylation is 2. The number of amides is 1. The van der Waals surface area contributed by atoms with E-state index in [1.807, 2.05) is 53.6 Å². The molecular formula is C16H17N3OS. The quantitative estimate of drug-likeness (QED) is 0.735. The van der Waals surface area contributed by atoms with Gasteiger partial charge < -0.3 is 5.32 Å². The molecule has 0 spiro atoms. The first-order valence-corrected chi connectivity index (χ1v) is 7.85. The van der Waals surface area contributed by atoms with Crippen molar-refractivity contribution in [3.8, 4) is 0 Å². The molecule has 1 aromatic carbocycles. The normalized spacial score (nSPS) is 10.9. The number of aromatic nitrogens is 2. The summed E-state index contributed by atoms with van der Waals surface area (Å²) in [6, 6.07) is 7.99. The van der Waals surface area contributed by atoms with Crippen molar-refractivity contribution in [3.05, 3.63) is 53.2 Å². The average Bonchev–Trinajstić information content (AvgIpc) is 3.09. The van der Waals surface area contributed by atoms with E-state index in [0.717, 1.165) is 34.2 Å². The van der Waals surface area contributed by atoms with Crippen LogP contribution in [0.5, 0.6) is 0 Å². The van der Waals surface area contributed by atoms with E-state index >= 15 is 0 Å². The molecule has 0 aliphatic carbocycles. The number of rotatable bonds is 5. The summed E-state index contributed by atoms with van der Waals surface area (Å²) in [4.78, 5) is 12.2. The minimum Gasteiger partial charge on any atom is -0.352 e. The number of nitrogens with zero attached hydrogens (tertiary/aromatic N) is 2. The van der Waals surface area contributed by atoms with Crippen LogP contribution in [-0.2, 0) is 6.54 Å². The van der Waals surface area contributed by atoms with Gasteiger partial charge in [-0.3, -0.25) is 9.48 Å². The lowest BCUT2D eigenvalue weighted by Crippen LogP contribution is -2.25. The van der Waals surface area contributed by atoms with Gasteiger partial charge in [0.25, 0.3) is 5.91 Å². The van der Waals surface area contributed by atoms with Gasteiger partial charge in [-0.15, -0.1) is 11.3 Å². The molecule has 0 radical (unpaired) electrons. The van der Waals surface area contributed by atoms with Gasteiger partial charge >= 0.3 is 0 Å². The Kier molecular flexibility index (Phi) is 4.01. The highest BCUT2D eigenvalue weighted by Crippen LogP contribution is 2.25. The maximum absolute atomic E-state index is 12.2. The summed E-state index contributed by atoms with van der Waals surface area (Å²) in [6.07, 6.45) is 4.72. The van der Waals surface area contributed by atoms with E-state index in [1.165, 1.54) is 0 Å². The summed E-state index contributed by atoms with van der Waals surface area (Å²) >= 11 is 1.61. The van der Waals surface area contributed by atoms with Crippen LogP contribution in [0.25, 0.3) is 10.1 Å². The Bertz CT molecular complexity index is 760. The number of carbonyl (C=O) groups is 1. The average molecular weight is 299 g/mol. The standard InChI is InChI=1S/C16H17N3OS/c1-12-9-18-19(10-12)8-4-7-17-16(20)14-11-21-15-6-3-2-5-13(14)15/h2-3,5-6,9-11H,4,7-8H2,1H3,(H,17,20). The molecule has 2 heterocycles. The molecule has 108 valence electrons. The Morgan fingerprint density at radius 3 is 3.05 bits per heavy atom. The summed E-state index contributed by atoms with van der Waals surface area (Å²) < 4.78 is 3.05. The highest BCUT2D eigenvalue weighted by molar-refractivity contribution is 7.17. The molecule has 0 unspecified atom stereocenters. The van der Waals surface area contributed by atoms with Crippen molar-refractivity contribution < 1.29 is 4.79 Å². The Morgan fingerprint density at radius 2 is 2.24 bits per heavy atom. The van der Waals surface area contributed by atoms with Crippen LogP contribution >= 0.6 is 11.3 Å². The Labute approximate surface area is 127 Å². The van der Waals surface area contributed by atoms with Gasteiger partial charge in [-0.2, -0.15) is 5.10 Å². The Morgan fingerprint density at radius 1 is 1.38 bits per heavy atom. The highest BCUT2D eigenvalue weighted by Gasteiger charge is 2.10. The first kappa shape index (κ1) is 13.8. The predicted molar refractivity (Wildman–Crippen MR) is 85.7 cm³/mol. The molecule has 0 saturated heterocycles. The van der Waals surface area contributed by atoms with E-state index in [1.54, 1.807) is 11.3 Å². The lowest BCUT2D eigenvalue weighted by atomic mass is 10.1. The largest absolute Gasteiger partial charge is 0.352 e. The van der Waals surface area contributed by atoms with Gasteiger partial charge in [-0.1, -0.05) is 18.2 Å². The molecule has 0 aliphatic rings. The minimum absolute atomic E-state index is 0.00379. The maximum Gasteiger partial charge on any atom is 0.252 e. The summed E-state index contributed by atoms with van der Waals surface area (Å²) in [5.41, 5.74) is 1.93.